The molecule has 0 radical (unpaired) electrons. The number of amides is 1. The van der Waals surface area contributed by atoms with Crippen molar-refractivity contribution >= 4 is 34.3 Å². The number of nitrogens with one attached hydrogen (secondary N) is 2. The van der Waals surface area contributed by atoms with Crippen LogP contribution in [0.25, 0.3) is 11.3 Å². The first kappa shape index (κ1) is 21.5. The second-order valence-corrected chi connectivity index (χ2v) is 8.71. The maximum Gasteiger partial charge on any atom is 0.251 e. The molecular weight excluding hydrogens is 515 g/mol. The van der Waals surface area contributed by atoms with E-state index in [2.05, 4.69) is 48.4 Å². The molecule has 160 valence electrons. The standard InChI is InChI=1S/C22H20F2IN5O/c1-26-21(31)13-4-5-17(25)15(9-13)18-6-7-19(30-29-18)28-12-22(10-14(23)11-22)20-16(24)3-2-8-27-20/h2-9,14H,10-12H2,1H3,(H,26,31)(H,28,30). The Bertz CT molecular complexity index is 1100. The van der Waals surface area contributed by atoms with Gasteiger partial charge in [-0.1, -0.05) is 0 Å². The molecule has 0 atom stereocenters. The van der Waals surface area contributed by atoms with E-state index in [1.165, 1.54) is 18.3 Å². The molecule has 1 aromatic carbocycles. The summed E-state index contributed by atoms with van der Waals surface area (Å²) in [4.78, 5) is 16.1. The summed E-state index contributed by atoms with van der Waals surface area (Å²) in [5.74, 6) is -0.106. The van der Waals surface area contributed by atoms with Crippen molar-refractivity contribution in [1.29, 1.82) is 0 Å². The largest absolute Gasteiger partial charge is 0.368 e. The molecular formula is C22H20F2IN5O. The average molecular weight is 535 g/mol. The SMILES string of the molecule is CNC(=O)c1ccc(I)c(-c2ccc(NCC3(c4ncccc4F)CC(F)C3)nn2)c1. The van der Waals surface area contributed by atoms with Gasteiger partial charge in [-0.25, -0.2) is 8.78 Å². The number of pyridine rings is 1. The van der Waals surface area contributed by atoms with Crippen molar-refractivity contribution in [2.45, 2.75) is 24.4 Å². The molecule has 2 N–H and O–H groups in total. The predicted octanol–water partition coefficient (Wildman–Crippen LogP) is 4.12. The van der Waals surface area contributed by atoms with Crippen molar-refractivity contribution in [3.8, 4) is 11.3 Å². The third-order valence-electron chi connectivity index (χ3n) is 5.49. The van der Waals surface area contributed by atoms with Gasteiger partial charge in [-0.15, -0.1) is 10.2 Å². The van der Waals surface area contributed by atoms with Gasteiger partial charge in [0, 0.05) is 39.9 Å². The number of anilines is 1. The summed E-state index contributed by atoms with van der Waals surface area (Å²) < 4.78 is 28.9. The molecule has 4 rings (SSSR count). The molecule has 3 aromatic rings. The van der Waals surface area contributed by atoms with E-state index in [1.807, 2.05) is 6.07 Å². The number of nitrogens with zero attached hydrogens (tertiary/aromatic N) is 3. The molecule has 6 nitrogen and oxygen atoms in total. The van der Waals surface area contributed by atoms with Crippen molar-refractivity contribution in [2.24, 2.45) is 0 Å². The van der Waals surface area contributed by atoms with Crippen molar-refractivity contribution in [1.82, 2.24) is 20.5 Å². The monoisotopic (exact) mass is 535 g/mol. The quantitative estimate of drug-likeness (QED) is 0.465. The van der Waals surface area contributed by atoms with E-state index in [0.717, 1.165) is 9.13 Å². The Morgan fingerprint density at radius 3 is 2.68 bits per heavy atom. The Morgan fingerprint density at radius 1 is 1.23 bits per heavy atom. The number of rotatable bonds is 6. The summed E-state index contributed by atoms with van der Waals surface area (Å²) in [7, 11) is 1.58. The van der Waals surface area contributed by atoms with Crippen LogP contribution >= 0.6 is 22.6 Å². The summed E-state index contributed by atoms with van der Waals surface area (Å²) in [6.45, 7) is 0.305. The van der Waals surface area contributed by atoms with E-state index < -0.39 is 17.4 Å². The third-order valence-corrected chi connectivity index (χ3v) is 6.43. The van der Waals surface area contributed by atoms with Gasteiger partial charge in [0.05, 0.1) is 11.4 Å². The predicted molar refractivity (Wildman–Crippen MR) is 122 cm³/mol. The molecule has 1 saturated carbocycles. The van der Waals surface area contributed by atoms with E-state index in [1.54, 1.807) is 31.3 Å². The number of aromatic nitrogens is 3. The molecule has 31 heavy (non-hydrogen) atoms. The van der Waals surface area contributed by atoms with Gasteiger partial charge in [-0.3, -0.25) is 9.78 Å². The summed E-state index contributed by atoms with van der Waals surface area (Å²) in [5.41, 5.74) is 1.53. The minimum Gasteiger partial charge on any atom is -0.368 e. The van der Waals surface area contributed by atoms with E-state index in [4.69, 9.17) is 0 Å². The molecule has 2 aromatic heterocycles. The van der Waals surface area contributed by atoms with Gasteiger partial charge in [-0.2, -0.15) is 0 Å². The lowest BCUT2D eigenvalue weighted by Crippen LogP contribution is -2.49. The molecule has 1 aliphatic carbocycles. The van der Waals surface area contributed by atoms with E-state index in [-0.39, 0.29) is 24.4 Å². The molecule has 0 spiro atoms. The highest BCUT2D eigenvalue weighted by Crippen LogP contribution is 2.45. The number of halogens is 3. The molecule has 1 fully saturated rings. The summed E-state index contributed by atoms with van der Waals surface area (Å²) in [6.07, 6.45) is 0.981. The van der Waals surface area contributed by atoms with Crippen LogP contribution in [0.4, 0.5) is 14.6 Å². The van der Waals surface area contributed by atoms with Gasteiger partial charge in [0.25, 0.3) is 5.91 Å². The molecule has 0 bridgehead atoms. The van der Waals surface area contributed by atoms with Gasteiger partial charge in [0.15, 0.2) is 0 Å². The number of hydrogen-bond acceptors (Lipinski definition) is 5. The maximum atomic E-state index is 14.3. The Kier molecular flexibility index (Phi) is 6.12. The number of benzene rings is 1. The molecule has 1 aliphatic rings. The molecule has 1 amide bonds. The maximum absolute atomic E-state index is 14.3. The van der Waals surface area contributed by atoms with Crippen LogP contribution in [0.5, 0.6) is 0 Å². The fourth-order valence-electron chi connectivity index (χ4n) is 3.82. The molecule has 0 saturated heterocycles. The number of carbonyl (C=O) groups excluding carboxylic acids is 1. The highest BCUT2D eigenvalue weighted by Gasteiger charge is 2.48. The van der Waals surface area contributed by atoms with Crippen LogP contribution in [0.3, 0.4) is 0 Å². The summed E-state index contributed by atoms with van der Waals surface area (Å²) >= 11 is 2.18. The van der Waals surface area contributed by atoms with Gasteiger partial charge < -0.3 is 10.6 Å². The van der Waals surface area contributed by atoms with E-state index in [9.17, 15) is 13.6 Å². The Labute approximate surface area is 192 Å². The van der Waals surface area contributed by atoms with Crippen LogP contribution < -0.4 is 10.6 Å². The highest BCUT2D eigenvalue weighted by molar-refractivity contribution is 14.1. The lowest BCUT2D eigenvalue weighted by molar-refractivity contribution is 0.0958. The van der Waals surface area contributed by atoms with Crippen molar-refractivity contribution in [3.05, 3.63) is 69.3 Å². The Morgan fingerprint density at radius 2 is 2.03 bits per heavy atom. The first-order chi connectivity index (χ1) is 14.9. The molecule has 9 heteroatoms. The van der Waals surface area contributed by atoms with Crippen molar-refractivity contribution < 1.29 is 13.6 Å². The lowest BCUT2D eigenvalue weighted by atomic mass is 9.65. The first-order valence-electron chi connectivity index (χ1n) is 9.76. The van der Waals surface area contributed by atoms with Crippen LogP contribution in [0, 0.1) is 9.39 Å². The zero-order valence-electron chi connectivity index (χ0n) is 16.7. The first-order valence-corrected chi connectivity index (χ1v) is 10.8. The number of hydrogen-bond donors (Lipinski definition) is 2. The van der Waals surface area contributed by atoms with Gasteiger partial charge in [-0.05, 0) is 77.9 Å². The smallest absolute Gasteiger partial charge is 0.251 e. The van der Waals surface area contributed by atoms with E-state index in [0.29, 0.717) is 23.6 Å². The number of alkyl halides is 1. The van der Waals surface area contributed by atoms with Crippen LogP contribution in [0.2, 0.25) is 0 Å². The van der Waals surface area contributed by atoms with Gasteiger partial charge >= 0.3 is 0 Å². The molecule has 0 unspecified atom stereocenters. The fourth-order valence-corrected chi connectivity index (χ4v) is 4.43. The normalized spacial score (nSPS) is 20.1. The van der Waals surface area contributed by atoms with Crippen LogP contribution in [-0.2, 0) is 5.41 Å². The minimum absolute atomic E-state index is 0.178. The summed E-state index contributed by atoms with van der Waals surface area (Å²) in [6, 6.07) is 11.8. The Balaban J connectivity index is 1.52. The second kappa shape index (κ2) is 8.81. The third kappa shape index (κ3) is 4.36. The van der Waals surface area contributed by atoms with Gasteiger partial charge in [0.2, 0.25) is 0 Å². The van der Waals surface area contributed by atoms with Crippen LogP contribution in [0.1, 0.15) is 28.9 Å². The summed E-state index contributed by atoms with van der Waals surface area (Å²) in [5, 5.41) is 14.2. The fraction of sp³-hybridized carbons (Fsp3) is 0.273. The van der Waals surface area contributed by atoms with Crippen LogP contribution in [0.15, 0.2) is 48.7 Å². The van der Waals surface area contributed by atoms with Crippen LogP contribution in [-0.4, -0.2) is 40.9 Å². The lowest BCUT2D eigenvalue weighted by Gasteiger charge is -2.44. The van der Waals surface area contributed by atoms with Crippen molar-refractivity contribution in [3.63, 3.8) is 0 Å². The number of carbonyl (C=O) groups is 1. The molecule has 2 heterocycles. The Hall–Kier alpha value is -2.69. The average Bonchev–Trinajstić information content (AvgIpc) is 2.76. The molecule has 0 aliphatic heterocycles. The zero-order valence-corrected chi connectivity index (χ0v) is 18.9. The zero-order chi connectivity index (χ0) is 22.0. The van der Waals surface area contributed by atoms with Gasteiger partial charge in [0.1, 0.15) is 17.8 Å². The minimum atomic E-state index is -0.966. The van der Waals surface area contributed by atoms with Crippen molar-refractivity contribution in [2.75, 3.05) is 18.9 Å². The topological polar surface area (TPSA) is 79.8 Å². The second-order valence-electron chi connectivity index (χ2n) is 7.55. The van der Waals surface area contributed by atoms with E-state index >= 15 is 0 Å². The highest BCUT2D eigenvalue weighted by atomic mass is 127.